The number of hydrogen-bond acceptors (Lipinski definition) is 4. The first-order valence-corrected chi connectivity index (χ1v) is 6.82. The first-order chi connectivity index (χ1) is 9.45. The molecule has 1 heterocycles. The molecule has 7 heteroatoms. The van der Waals surface area contributed by atoms with Crippen LogP contribution in [0.15, 0.2) is 0 Å². The van der Waals surface area contributed by atoms with E-state index in [-0.39, 0.29) is 12.5 Å². The van der Waals surface area contributed by atoms with Crippen molar-refractivity contribution < 1.29 is 24.3 Å². The largest absolute Gasteiger partial charge is 0.481 e. The molecule has 2 N–H and O–H groups in total. The minimum atomic E-state index is -0.985. The number of carboxylic acid groups (broad SMARTS) is 1. The molecular formula is C13H18N2O5. The van der Waals surface area contributed by atoms with Crippen LogP contribution >= 0.6 is 0 Å². The van der Waals surface area contributed by atoms with Crippen LogP contribution < -0.4 is 5.32 Å². The van der Waals surface area contributed by atoms with E-state index in [1.165, 1.54) is 4.90 Å². The molecule has 2 rings (SSSR count). The van der Waals surface area contributed by atoms with Crippen molar-refractivity contribution in [1.82, 2.24) is 10.2 Å². The summed E-state index contributed by atoms with van der Waals surface area (Å²) in [4.78, 5) is 48.1. The number of carboxylic acids is 1. The maximum Gasteiger partial charge on any atom is 0.307 e. The molecule has 3 atom stereocenters. The summed E-state index contributed by atoms with van der Waals surface area (Å²) >= 11 is 0. The van der Waals surface area contributed by atoms with Crippen molar-refractivity contribution in [2.24, 2.45) is 11.8 Å². The van der Waals surface area contributed by atoms with E-state index in [4.69, 9.17) is 5.11 Å². The first kappa shape index (κ1) is 14.5. The average Bonchev–Trinajstić information content (AvgIpc) is 2.86. The zero-order valence-electron chi connectivity index (χ0n) is 11.3. The van der Waals surface area contributed by atoms with Crippen LogP contribution in [-0.2, 0) is 19.2 Å². The Morgan fingerprint density at radius 3 is 2.55 bits per heavy atom. The number of piperazine rings is 1. The first-order valence-electron chi connectivity index (χ1n) is 6.82. The molecule has 1 aliphatic carbocycles. The summed E-state index contributed by atoms with van der Waals surface area (Å²) in [5, 5.41) is 11.3. The highest BCUT2D eigenvalue weighted by Gasteiger charge is 2.44. The van der Waals surface area contributed by atoms with E-state index >= 15 is 0 Å². The lowest BCUT2D eigenvalue weighted by atomic mass is 9.93. The highest BCUT2D eigenvalue weighted by atomic mass is 16.4. The summed E-state index contributed by atoms with van der Waals surface area (Å²) < 4.78 is 0. The number of aliphatic carboxylic acids is 1. The van der Waals surface area contributed by atoms with Gasteiger partial charge in [-0.15, -0.1) is 0 Å². The van der Waals surface area contributed by atoms with Crippen LogP contribution in [-0.4, -0.2) is 46.3 Å². The van der Waals surface area contributed by atoms with Gasteiger partial charge in [-0.3, -0.25) is 24.5 Å². The average molecular weight is 282 g/mol. The Kier molecular flexibility index (Phi) is 4.06. The van der Waals surface area contributed by atoms with Gasteiger partial charge in [0.25, 0.3) is 0 Å². The number of imide groups is 1. The van der Waals surface area contributed by atoms with Crippen LogP contribution in [0.1, 0.15) is 32.6 Å². The lowest BCUT2D eigenvalue weighted by molar-refractivity contribution is -0.155. The van der Waals surface area contributed by atoms with Gasteiger partial charge < -0.3 is 10.0 Å². The van der Waals surface area contributed by atoms with Crippen LogP contribution in [0.2, 0.25) is 0 Å². The molecule has 0 aromatic rings. The Morgan fingerprint density at radius 1 is 1.30 bits per heavy atom. The molecular weight excluding hydrogens is 264 g/mol. The number of carbonyl (C=O) groups excluding carboxylic acids is 3. The Labute approximate surface area is 116 Å². The minimum Gasteiger partial charge on any atom is -0.481 e. The summed E-state index contributed by atoms with van der Waals surface area (Å²) in [5.74, 6) is -3.70. The number of amides is 3. The van der Waals surface area contributed by atoms with E-state index < -0.39 is 35.7 Å². The SMILES string of the molecule is CCC1C(=O)NC(=O)CN1C(=O)[C@@H]1CCC[C@@H]1C(=O)O. The number of carbonyl (C=O) groups is 4. The van der Waals surface area contributed by atoms with Crippen molar-refractivity contribution in [2.45, 2.75) is 38.6 Å². The quantitative estimate of drug-likeness (QED) is 0.695. The van der Waals surface area contributed by atoms with Gasteiger partial charge in [0, 0.05) is 0 Å². The monoisotopic (exact) mass is 282 g/mol. The lowest BCUT2D eigenvalue weighted by Gasteiger charge is -2.35. The fourth-order valence-electron chi connectivity index (χ4n) is 3.07. The molecule has 1 saturated carbocycles. The fourth-order valence-corrected chi connectivity index (χ4v) is 3.07. The lowest BCUT2D eigenvalue weighted by Crippen LogP contribution is -2.60. The maximum absolute atomic E-state index is 12.5. The van der Waals surface area contributed by atoms with Crippen LogP contribution in [0, 0.1) is 11.8 Å². The predicted molar refractivity (Wildman–Crippen MR) is 67.4 cm³/mol. The summed E-state index contributed by atoms with van der Waals surface area (Å²) in [5.41, 5.74) is 0. The van der Waals surface area contributed by atoms with E-state index in [0.29, 0.717) is 25.7 Å². The van der Waals surface area contributed by atoms with Gasteiger partial charge in [-0.05, 0) is 19.3 Å². The second-order valence-corrected chi connectivity index (χ2v) is 5.28. The minimum absolute atomic E-state index is 0.175. The molecule has 7 nitrogen and oxygen atoms in total. The molecule has 1 aliphatic heterocycles. The predicted octanol–water partition coefficient (Wildman–Crippen LogP) is -0.249. The second-order valence-electron chi connectivity index (χ2n) is 5.28. The van der Waals surface area contributed by atoms with Crippen molar-refractivity contribution in [1.29, 1.82) is 0 Å². The molecule has 0 radical (unpaired) electrons. The van der Waals surface area contributed by atoms with Gasteiger partial charge in [0.1, 0.15) is 12.6 Å². The van der Waals surface area contributed by atoms with Crippen LogP contribution in [0.3, 0.4) is 0 Å². The Balaban J connectivity index is 2.19. The zero-order valence-corrected chi connectivity index (χ0v) is 11.3. The smallest absolute Gasteiger partial charge is 0.307 e. The Morgan fingerprint density at radius 2 is 1.95 bits per heavy atom. The van der Waals surface area contributed by atoms with Crippen molar-refractivity contribution in [3.8, 4) is 0 Å². The molecule has 0 spiro atoms. The number of rotatable bonds is 3. The zero-order chi connectivity index (χ0) is 14.9. The number of nitrogens with one attached hydrogen (secondary N) is 1. The van der Waals surface area contributed by atoms with E-state index in [0.717, 1.165) is 0 Å². The fraction of sp³-hybridized carbons (Fsp3) is 0.692. The van der Waals surface area contributed by atoms with Crippen LogP contribution in [0.25, 0.3) is 0 Å². The van der Waals surface area contributed by atoms with Crippen molar-refractivity contribution in [3.05, 3.63) is 0 Å². The molecule has 1 unspecified atom stereocenters. The summed E-state index contributed by atoms with van der Waals surface area (Å²) in [6.07, 6.45) is 2.04. The molecule has 1 saturated heterocycles. The molecule has 20 heavy (non-hydrogen) atoms. The van der Waals surface area contributed by atoms with Gasteiger partial charge in [-0.1, -0.05) is 13.3 Å². The molecule has 0 bridgehead atoms. The van der Waals surface area contributed by atoms with E-state index in [9.17, 15) is 19.2 Å². The normalized spacial score (nSPS) is 30.2. The molecule has 0 aromatic heterocycles. The Bertz CT molecular complexity index is 462. The van der Waals surface area contributed by atoms with Crippen LogP contribution in [0.4, 0.5) is 0 Å². The Hall–Kier alpha value is -1.92. The summed E-state index contributed by atoms with van der Waals surface area (Å²) in [6.45, 7) is 1.58. The number of nitrogens with zero attached hydrogens (tertiary/aromatic N) is 1. The molecule has 2 fully saturated rings. The molecule has 110 valence electrons. The second kappa shape index (κ2) is 5.60. The topological polar surface area (TPSA) is 104 Å². The highest BCUT2D eigenvalue weighted by Crippen LogP contribution is 2.34. The van der Waals surface area contributed by atoms with Crippen molar-refractivity contribution in [2.75, 3.05) is 6.54 Å². The van der Waals surface area contributed by atoms with E-state index in [1.807, 2.05) is 0 Å². The molecule has 2 aliphatic rings. The van der Waals surface area contributed by atoms with Gasteiger partial charge in [0.15, 0.2) is 0 Å². The van der Waals surface area contributed by atoms with Crippen molar-refractivity contribution >= 4 is 23.7 Å². The van der Waals surface area contributed by atoms with Gasteiger partial charge >= 0.3 is 5.97 Å². The third-order valence-electron chi connectivity index (χ3n) is 4.08. The summed E-state index contributed by atoms with van der Waals surface area (Å²) in [6, 6.07) is -0.685. The van der Waals surface area contributed by atoms with Gasteiger partial charge in [-0.25, -0.2) is 0 Å². The summed E-state index contributed by atoms with van der Waals surface area (Å²) in [7, 11) is 0. The van der Waals surface area contributed by atoms with Crippen LogP contribution in [0.5, 0.6) is 0 Å². The molecule has 0 aromatic carbocycles. The maximum atomic E-state index is 12.5. The third kappa shape index (κ3) is 2.52. The third-order valence-corrected chi connectivity index (χ3v) is 4.08. The van der Waals surface area contributed by atoms with Gasteiger partial charge in [-0.2, -0.15) is 0 Å². The molecule has 3 amide bonds. The number of hydrogen-bond donors (Lipinski definition) is 2. The van der Waals surface area contributed by atoms with E-state index in [2.05, 4.69) is 5.32 Å². The van der Waals surface area contributed by atoms with E-state index in [1.54, 1.807) is 6.92 Å². The van der Waals surface area contributed by atoms with Gasteiger partial charge in [0.05, 0.1) is 11.8 Å². The highest BCUT2D eigenvalue weighted by molar-refractivity contribution is 6.04. The van der Waals surface area contributed by atoms with Crippen molar-refractivity contribution in [3.63, 3.8) is 0 Å². The van der Waals surface area contributed by atoms with Gasteiger partial charge in [0.2, 0.25) is 17.7 Å². The standard InChI is InChI=1S/C13H18N2O5/c1-2-9-11(17)14-10(16)6-15(9)12(18)7-4-3-5-8(7)13(19)20/h7-9H,2-6H2,1H3,(H,19,20)(H,14,16,17)/t7-,8+,9?/m1/s1.